The molecule has 0 saturated carbocycles. The number of halogens is 1. The third-order valence-corrected chi connectivity index (χ3v) is 4.31. The largest absolute Gasteiger partial charge is 0.215 e. The number of benzene rings is 1. The highest BCUT2D eigenvalue weighted by molar-refractivity contribution is 7.99. The van der Waals surface area contributed by atoms with Crippen molar-refractivity contribution in [3.05, 3.63) is 28.8 Å². The summed E-state index contributed by atoms with van der Waals surface area (Å²) in [5, 5.41) is 0.768. The molecule has 17 heavy (non-hydrogen) atoms. The van der Waals surface area contributed by atoms with E-state index in [-0.39, 0.29) is 0 Å². The van der Waals surface area contributed by atoms with Crippen LogP contribution in [0.1, 0.15) is 12.0 Å². The van der Waals surface area contributed by atoms with E-state index in [0.717, 1.165) is 27.7 Å². The second kappa shape index (κ2) is 6.64. The van der Waals surface area contributed by atoms with E-state index in [0.29, 0.717) is 6.54 Å². The van der Waals surface area contributed by atoms with Crippen LogP contribution in [-0.4, -0.2) is 27.0 Å². The Morgan fingerprint density at radius 2 is 2.12 bits per heavy atom. The monoisotopic (exact) mass is 293 g/mol. The van der Waals surface area contributed by atoms with Crippen LogP contribution in [0, 0.1) is 6.92 Å². The topological polar surface area (TPSA) is 46.2 Å². The Kier molecular flexibility index (Phi) is 5.79. The van der Waals surface area contributed by atoms with Gasteiger partial charge in [-0.15, -0.1) is 11.8 Å². The summed E-state index contributed by atoms with van der Waals surface area (Å²) in [5.41, 5.74) is 1.06. The lowest BCUT2D eigenvalue weighted by Gasteiger charge is -2.04. The molecule has 0 amide bonds. The van der Waals surface area contributed by atoms with E-state index in [4.69, 9.17) is 11.6 Å². The number of hydrogen-bond donors (Lipinski definition) is 1. The zero-order chi connectivity index (χ0) is 12.9. The minimum Gasteiger partial charge on any atom is -0.215 e. The fourth-order valence-corrected chi connectivity index (χ4v) is 2.83. The Morgan fingerprint density at radius 1 is 1.41 bits per heavy atom. The predicted octanol–water partition coefficient (Wildman–Crippen LogP) is 2.68. The zero-order valence-corrected chi connectivity index (χ0v) is 12.3. The van der Waals surface area contributed by atoms with Gasteiger partial charge in [-0.2, -0.15) is 0 Å². The van der Waals surface area contributed by atoms with Gasteiger partial charge in [0.05, 0.1) is 6.26 Å². The summed E-state index contributed by atoms with van der Waals surface area (Å²) in [5.74, 6) is 0.863. The minimum atomic E-state index is -3.06. The van der Waals surface area contributed by atoms with Crippen LogP contribution in [0.3, 0.4) is 0 Å². The SMILES string of the molecule is Cc1ccc(SCCCNS(C)(=O)=O)cc1Cl. The molecule has 0 unspecified atom stereocenters. The Balaban J connectivity index is 2.29. The first-order valence-electron chi connectivity index (χ1n) is 5.22. The lowest BCUT2D eigenvalue weighted by Crippen LogP contribution is -2.23. The lowest BCUT2D eigenvalue weighted by atomic mass is 10.2. The third-order valence-electron chi connectivity index (χ3n) is 2.10. The van der Waals surface area contributed by atoms with Gasteiger partial charge in [-0.05, 0) is 36.8 Å². The molecule has 1 aromatic rings. The second-order valence-electron chi connectivity index (χ2n) is 3.78. The molecule has 0 aliphatic rings. The summed E-state index contributed by atoms with van der Waals surface area (Å²) in [6.45, 7) is 2.44. The van der Waals surface area contributed by atoms with Crippen molar-refractivity contribution >= 4 is 33.4 Å². The first-order chi connectivity index (χ1) is 7.88. The van der Waals surface area contributed by atoms with Crippen LogP contribution in [0.15, 0.2) is 23.1 Å². The van der Waals surface area contributed by atoms with Crippen molar-refractivity contribution in [3.63, 3.8) is 0 Å². The number of sulfonamides is 1. The molecular weight excluding hydrogens is 278 g/mol. The molecule has 0 atom stereocenters. The van der Waals surface area contributed by atoms with Crippen LogP contribution >= 0.6 is 23.4 Å². The van der Waals surface area contributed by atoms with Gasteiger partial charge in [0.25, 0.3) is 0 Å². The van der Waals surface area contributed by atoms with Gasteiger partial charge in [-0.25, -0.2) is 13.1 Å². The van der Waals surface area contributed by atoms with E-state index in [1.165, 1.54) is 6.26 Å². The van der Waals surface area contributed by atoms with Crippen molar-refractivity contribution in [2.75, 3.05) is 18.6 Å². The van der Waals surface area contributed by atoms with Crippen molar-refractivity contribution in [2.24, 2.45) is 0 Å². The Bertz CT molecular complexity index is 474. The van der Waals surface area contributed by atoms with Gasteiger partial charge in [0.2, 0.25) is 10.0 Å². The van der Waals surface area contributed by atoms with Crippen molar-refractivity contribution in [3.8, 4) is 0 Å². The number of hydrogen-bond acceptors (Lipinski definition) is 3. The first-order valence-corrected chi connectivity index (χ1v) is 8.47. The molecule has 6 heteroatoms. The Labute approximate surface area is 112 Å². The molecule has 0 bridgehead atoms. The molecule has 96 valence electrons. The van der Waals surface area contributed by atoms with Gasteiger partial charge in [-0.1, -0.05) is 17.7 Å². The summed E-state index contributed by atoms with van der Waals surface area (Å²) in [6, 6.07) is 5.95. The molecule has 3 nitrogen and oxygen atoms in total. The maximum Gasteiger partial charge on any atom is 0.208 e. The molecule has 0 aliphatic carbocycles. The van der Waals surface area contributed by atoms with Gasteiger partial charge in [0.15, 0.2) is 0 Å². The van der Waals surface area contributed by atoms with Gasteiger partial charge < -0.3 is 0 Å². The molecule has 0 fully saturated rings. The van der Waals surface area contributed by atoms with Gasteiger partial charge in [0.1, 0.15) is 0 Å². The molecule has 0 aliphatic heterocycles. The summed E-state index contributed by atoms with van der Waals surface area (Å²) in [6.07, 6.45) is 1.96. The molecule has 1 aromatic carbocycles. The third kappa shape index (κ3) is 6.31. The molecular formula is C11H16ClNO2S2. The summed E-state index contributed by atoms with van der Waals surface area (Å²) >= 11 is 7.68. The molecule has 0 heterocycles. The smallest absolute Gasteiger partial charge is 0.208 e. The van der Waals surface area contributed by atoms with E-state index in [1.54, 1.807) is 11.8 Å². The summed E-state index contributed by atoms with van der Waals surface area (Å²) in [7, 11) is -3.06. The van der Waals surface area contributed by atoms with Crippen LogP contribution in [0.25, 0.3) is 0 Å². The van der Waals surface area contributed by atoms with Gasteiger partial charge >= 0.3 is 0 Å². The highest BCUT2D eigenvalue weighted by Gasteiger charge is 2.01. The zero-order valence-electron chi connectivity index (χ0n) is 9.86. The second-order valence-corrected chi connectivity index (χ2v) is 7.19. The maximum atomic E-state index is 10.8. The Morgan fingerprint density at radius 3 is 2.71 bits per heavy atom. The van der Waals surface area contributed by atoms with Crippen LogP contribution < -0.4 is 4.72 Å². The van der Waals surface area contributed by atoms with E-state index in [9.17, 15) is 8.42 Å². The molecule has 1 N–H and O–H groups in total. The van der Waals surface area contributed by atoms with Crippen molar-refractivity contribution in [2.45, 2.75) is 18.2 Å². The molecule has 0 spiro atoms. The van der Waals surface area contributed by atoms with E-state index < -0.39 is 10.0 Å². The first kappa shape index (κ1) is 14.8. The standard InChI is InChI=1S/C11H16ClNO2S2/c1-9-4-5-10(8-11(9)12)16-7-3-6-13-17(2,14)15/h4-5,8,13H,3,6-7H2,1-2H3. The Hall–Kier alpha value is -0.230. The highest BCUT2D eigenvalue weighted by atomic mass is 35.5. The molecule has 0 aromatic heterocycles. The number of thioether (sulfide) groups is 1. The summed E-state index contributed by atoms with van der Waals surface area (Å²) in [4.78, 5) is 1.11. The fourth-order valence-electron chi connectivity index (χ4n) is 1.18. The minimum absolute atomic E-state index is 0.478. The van der Waals surface area contributed by atoms with Gasteiger partial charge in [-0.3, -0.25) is 0 Å². The normalized spacial score (nSPS) is 11.7. The highest BCUT2D eigenvalue weighted by Crippen LogP contribution is 2.24. The predicted molar refractivity (Wildman–Crippen MR) is 74.4 cm³/mol. The van der Waals surface area contributed by atoms with Gasteiger partial charge in [0, 0.05) is 16.5 Å². The van der Waals surface area contributed by atoms with Crippen LogP contribution in [0.5, 0.6) is 0 Å². The number of nitrogens with one attached hydrogen (secondary N) is 1. The van der Waals surface area contributed by atoms with Crippen molar-refractivity contribution in [1.82, 2.24) is 4.72 Å². The molecule has 0 saturated heterocycles. The van der Waals surface area contributed by atoms with Crippen LogP contribution in [0.4, 0.5) is 0 Å². The number of aryl methyl sites for hydroxylation is 1. The van der Waals surface area contributed by atoms with Crippen molar-refractivity contribution < 1.29 is 8.42 Å². The lowest BCUT2D eigenvalue weighted by molar-refractivity contribution is 0.587. The fraction of sp³-hybridized carbons (Fsp3) is 0.455. The quantitative estimate of drug-likeness (QED) is 0.648. The van der Waals surface area contributed by atoms with E-state index >= 15 is 0 Å². The van der Waals surface area contributed by atoms with Crippen LogP contribution in [0.2, 0.25) is 5.02 Å². The van der Waals surface area contributed by atoms with E-state index in [1.807, 2.05) is 25.1 Å². The van der Waals surface area contributed by atoms with Crippen LogP contribution in [-0.2, 0) is 10.0 Å². The summed E-state index contributed by atoms with van der Waals surface area (Å²) < 4.78 is 24.1. The molecule has 0 radical (unpaired) electrons. The average molecular weight is 294 g/mol. The maximum absolute atomic E-state index is 10.8. The molecule has 1 rings (SSSR count). The number of rotatable bonds is 6. The van der Waals surface area contributed by atoms with Crippen molar-refractivity contribution in [1.29, 1.82) is 0 Å². The average Bonchev–Trinajstić information content (AvgIpc) is 2.21. The van der Waals surface area contributed by atoms with E-state index in [2.05, 4.69) is 4.72 Å².